The van der Waals surface area contributed by atoms with Crippen LogP contribution in [0.1, 0.15) is 86.9 Å². The van der Waals surface area contributed by atoms with Crippen LogP contribution in [-0.2, 0) is 11.2 Å². The second-order valence-corrected chi connectivity index (χ2v) is 9.91. The summed E-state index contributed by atoms with van der Waals surface area (Å²) in [4.78, 5) is 34.5. The third-order valence-electron chi connectivity index (χ3n) is 5.95. The number of rotatable bonds is 12. The van der Waals surface area contributed by atoms with Crippen LogP contribution in [0.3, 0.4) is 0 Å². The summed E-state index contributed by atoms with van der Waals surface area (Å²) in [6.45, 7) is 8.48. The summed E-state index contributed by atoms with van der Waals surface area (Å²) in [6, 6.07) is 6.09. The van der Waals surface area contributed by atoms with E-state index in [1.54, 1.807) is 11.3 Å². The minimum Gasteiger partial charge on any atom is -0.481 e. The number of imidazole rings is 1. The van der Waals surface area contributed by atoms with Crippen molar-refractivity contribution in [3.05, 3.63) is 46.2 Å². The molecule has 1 atom stereocenters. The zero-order valence-electron chi connectivity index (χ0n) is 19.4. The molecular weight excluding hydrogens is 422 g/mol. The van der Waals surface area contributed by atoms with Gasteiger partial charge < -0.3 is 9.67 Å². The lowest BCUT2D eigenvalue weighted by molar-refractivity contribution is -0.138. The number of aliphatic carboxylic acids is 1. The lowest BCUT2D eigenvalue weighted by Gasteiger charge is -2.19. The number of hydrogen-bond donors (Lipinski definition) is 1. The Labute approximate surface area is 193 Å². The molecule has 6 nitrogen and oxygen atoms in total. The van der Waals surface area contributed by atoms with E-state index in [9.17, 15) is 14.7 Å². The van der Waals surface area contributed by atoms with Gasteiger partial charge in [0.05, 0.1) is 16.5 Å². The van der Waals surface area contributed by atoms with Crippen LogP contribution in [0.5, 0.6) is 0 Å². The predicted octanol–water partition coefficient (Wildman–Crippen LogP) is 6.15. The van der Waals surface area contributed by atoms with E-state index >= 15 is 0 Å². The molecule has 0 amide bonds. The number of aromatic nitrogens is 3. The van der Waals surface area contributed by atoms with Gasteiger partial charge in [0, 0.05) is 41.9 Å². The smallest absolute Gasteiger partial charge is 0.303 e. The van der Waals surface area contributed by atoms with Crippen molar-refractivity contribution < 1.29 is 14.7 Å². The Morgan fingerprint density at radius 3 is 2.50 bits per heavy atom. The first-order valence-electron chi connectivity index (χ1n) is 11.5. The van der Waals surface area contributed by atoms with E-state index in [1.807, 2.05) is 29.9 Å². The topological polar surface area (TPSA) is 85.1 Å². The van der Waals surface area contributed by atoms with Crippen molar-refractivity contribution in [1.29, 1.82) is 0 Å². The minimum atomic E-state index is -0.851. The number of Topliss-reactive ketones (excluding diaryl/α,β-unsaturated/α-hetero) is 1. The fourth-order valence-electron chi connectivity index (χ4n) is 4.53. The summed E-state index contributed by atoms with van der Waals surface area (Å²) in [5.74, 6) is 0.320. The summed E-state index contributed by atoms with van der Waals surface area (Å²) in [7, 11) is 0. The minimum absolute atomic E-state index is 0.0140. The van der Waals surface area contributed by atoms with Crippen LogP contribution in [0.25, 0.3) is 11.0 Å². The van der Waals surface area contributed by atoms with Gasteiger partial charge in [-0.05, 0) is 49.3 Å². The Bertz CT molecular complexity index is 1050. The molecule has 3 rings (SSSR count). The molecule has 3 aromatic rings. The highest BCUT2D eigenvalue weighted by molar-refractivity contribution is 7.09. The monoisotopic (exact) mass is 455 g/mol. The molecule has 0 unspecified atom stereocenters. The Balaban J connectivity index is 1.93. The first-order chi connectivity index (χ1) is 15.3. The molecule has 0 saturated carbocycles. The third-order valence-corrected chi connectivity index (χ3v) is 6.73. The van der Waals surface area contributed by atoms with Gasteiger partial charge in [0.15, 0.2) is 5.78 Å². The molecule has 0 saturated heterocycles. The van der Waals surface area contributed by atoms with Gasteiger partial charge in [0.2, 0.25) is 0 Å². The second-order valence-electron chi connectivity index (χ2n) is 8.94. The molecule has 0 aliphatic rings. The molecule has 0 aliphatic heterocycles. The molecule has 1 aromatic carbocycles. The number of carboxylic acid groups (broad SMARTS) is 1. The quantitative estimate of drug-likeness (QED) is 0.331. The van der Waals surface area contributed by atoms with Crippen LogP contribution in [0.4, 0.5) is 0 Å². The fraction of sp³-hybridized carbons (Fsp3) is 0.520. The Morgan fingerprint density at radius 1 is 1.16 bits per heavy atom. The van der Waals surface area contributed by atoms with Gasteiger partial charge in [-0.3, -0.25) is 14.6 Å². The van der Waals surface area contributed by atoms with E-state index in [1.165, 1.54) is 0 Å². The van der Waals surface area contributed by atoms with Crippen LogP contribution in [-0.4, -0.2) is 31.4 Å². The van der Waals surface area contributed by atoms with Gasteiger partial charge in [-0.2, -0.15) is 0 Å². The number of nitrogens with zero attached hydrogens (tertiary/aromatic N) is 3. The lowest BCUT2D eigenvalue weighted by atomic mass is 9.88. The Morgan fingerprint density at radius 2 is 1.91 bits per heavy atom. The maximum atomic E-state index is 13.0. The molecule has 1 N–H and O–H groups in total. The van der Waals surface area contributed by atoms with E-state index in [2.05, 4.69) is 37.2 Å². The maximum absolute atomic E-state index is 13.0. The maximum Gasteiger partial charge on any atom is 0.303 e. The van der Waals surface area contributed by atoms with E-state index in [-0.39, 0.29) is 24.5 Å². The fourth-order valence-corrected chi connectivity index (χ4v) is 5.12. The lowest BCUT2D eigenvalue weighted by Crippen LogP contribution is -2.15. The van der Waals surface area contributed by atoms with E-state index in [0.29, 0.717) is 23.9 Å². The van der Waals surface area contributed by atoms with Gasteiger partial charge in [-0.15, -0.1) is 11.3 Å². The van der Waals surface area contributed by atoms with Crippen LogP contribution >= 0.6 is 11.3 Å². The second kappa shape index (κ2) is 10.9. The first kappa shape index (κ1) is 24.1. The first-order valence-corrected chi connectivity index (χ1v) is 12.3. The summed E-state index contributed by atoms with van der Waals surface area (Å²) in [5.41, 5.74) is 4.30. The zero-order chi connectivity index (χ0) is 23.3. The van der Waals surface area contributed by atoms with Crippen molar-refractivity contribution in [1.82, 2.24) is 14.5 Å². The SMILES string of the molecule is CCC(CC)n1c(Cc2cncs2)nc2cc(C(=O)C[C@H](CC(=O)O)CC(C)C)ccc21. The number of thiazole rings is 1. The highest BCUT2D eigenvalue weighted by Gasteiger charge is 2.22. The molecule has 0 radical (unpaired) electrons. The summed E-state index contributed by atoms with van der Waals surface area (Å²) in [6.07, 6.45) is 5.60. The molecule has 0 bridgehead atoms. The molecule has 172 valence electrons. The number of carbonyl (C=O) groups is 2. The molecule has 2 heterocycles. The summed E-state index contributed by atoms with van der Waals surface area (Å²) < 4.78 is 2.31. The molecule has 32 heavy (non-hydrogen) atoms. The van der Waals surface area contributed by atoms with Crippen molar-refractivity contribution >= 4 is 34.1 Å². The van der Waals surface area contributed by atoms with E-state index in [4.69, 9.17) is 4.98 Å². The Hall–Kier alpha value is -2.54. The van der Waals surface area contributed by atoms with E-state index in [0.717, 1.165) is 41.0 Å². The van der Waals surface area contributed by atoms with Gasteiger partial charge in [0.25, 0.3) is 0 Å². The molecule has 0 spiro atoms. The van der Waals surface area contributed by atoms with Crippen molar-refractivity contribution in [3.8, 4) is 0 Å². The van der Waals surface area contributed by atoms with Crippen molar-refractivity contribution in [3.63, 3.8) is 0 Å². The van der Waals surface area contributed by atoms with Gasteiger partial charge in [-0.25, -0.2) is 4.98 Å². The van der Waals surface area contributed by atoms with Crippen molar-refractivity contribution in [2.75, 3.05) is 0 Å². The standard InChI is InChI=1S/C25H33N3O3S/c1-5-19(6-2)28-22-8-7-18(23(29)10-17(9-16(3)4)11-25(30)31)12-21(22)27-24(28)13-20-14-26-15-32-20/h7-8,12,14-17,19H,5-6,9-11,13H2,1-4H3,(H,30,31)/t17-/m1/s1. The molecular formula is C25H33N3O3S. The van der Waals surface area contributed by atoms with Crippen LogP contribution in [0, 0.1) is 11.8 Å². The van der Waals surface area contributed by atoms with Crippen molar-refractivity contribution in [2.24, 2.45) is 11.8 Å². The highest BCUT2D eigenvalue weighted by atomic mass is 32.1. The summed E-state index contributed by atoms with van der Waals surface area (Å²) >= 11 is 1.62. The van der Waals surface area contributed by atoms with Crippen LogP contribution < -0.4 is 0 Å². The number of carbonyl (C=O) groups excluding carboxylic acids is 1. The van der Waals surface area contributed by atoms with Gasteiger partial charge >= 0.3 is 5.97 Å². The largest absolute Gasteiger partial charge is 0.481 e. The summed E-state index contributed by atoms with van der Waals surface area (Å²) in [5, 5.41) is 9.23. The van der Waals surface area contributed by atoms with Crippen molar-refractivity contribution in [2.45, 2.75) is 72.3 Å². The van der Waals surface area contributed by atoms with Crippen LogP contribution in [0.2, 0.25) is 0 Å². The molecule has 0 aliphatic carbocycles. The number of carboxylic acids is 1. The molecule has 7 heteroatoms. The number of fused-ring (bicyclic) bond motifs is 1. The molecule has 2 aromatic heterocycles. The van der Waals surface area contributed by atoms with Gasteiger partial charge in [-0.1, -0.05) is 27.7 Å². The average molecular weight is 456 g/mol. The highest BCUT2D eigenvalue weighted by Crippen LogP contribution is 2.29. The third kappa shape index (κ3) is 5.82. The number of benzene rings is 1. The van der Waals surface area contributed by atoms with Gasteiger partial charge in [0.1, 0.15) is 5.82 Å². The predicted molar refractivity (Wildman–Crippen MR) is 128 cm³/mol. The Kier molecular flexibility index (Phi) is 8.18. The zero-order valence-corrected chi connectivity index (χ0v) is 20.2. The van der Waals surface area contributed by atoms with Crippen LogP contribution in [0.15, 0.2) is 29.9 Å². The number of ketones is 1. The average Bonchev–Trinajstić information content (AvgIpc) is 3.36. The van der Waals surface area contributed by atoms with E-state index < -0.39 is 5.97 Å². The molecule has 0 fully saturated rings. The number of hydrogen-bond acceptors (Lipinski definition) is 5. The normalized spacial score (nSPS) is 12.7.